The molecule has 0 radical (unpaired) electrons. The maximum atomic E-state index is 11.3. The summed E-state index contributed by atoms with van der Waals surface area (Å²) in [6.45, 7) is 4.54. The Labute approximate surface area is 135 Å². The van der Waals surface area contributed by atoms with Gasteiger partial charge in [-0.25, -0.2) is 10.8 Å². The second-order valence-corrected chi connectivity index (χ2v) is 6.52. The van der Waals surface area contributed by atoms with Crippen molar-refractivity contribution in [1.82, 2.24) is 10.4 Å². The topological polar surface area (TPSA) is 77.2 Å². The number of nitrogens with zero attached hydrogens (tertiary/aromatic N) is 1. The predicted octanol–water partition coefficient (Wildman–Crippen LogP) is 3.21. The van der Waals surface area contributed by atoms with E-state index in [0.29, 0.717) is 23.2 Å². The quantitative estimate of drug-likeness (QED) is 0.481. The number of carbonyl (C=O) groups excluding carboxylic acids is 1. The lowest BCUT2D eigenvalue weighted by molar-refractivity contribution is 0.0953. The van der Waals surface area contributed by atoms with Crippen molar-refractivity contribution in [3.63, 3.8) is 0 Å². The van der Waals surface area contributed by atoms with Gasteiger partial charge in [0.1, 0.15) is 12.4 Å². The largest absolute Gasteiger partial charge is 0.487 e. The van der Waals surface area contributed by atoms with E-state index >= 15 is 0 Å². The van der Waals surface area contributed by atoms with E-state index in [2.05, 4.69) is 40.2 Å². The van der Waals surface area contributed by atoms with Gasteiger partial charge in [0.2, 0.25) is 0 Å². The van der Waals surface area contributed by atoms with Crippen LogP contribution >= 0.6 is 27.3 Å². The van der Waals surface area contributed by atoms with Gasteiger partial charge in [0.05, 0.1) is 5.69 Å². The molecular formula is C14H16BrN3O2S. The first-order valence-electron chi connectivity index (χ1n) is 6.39. The Kier molecular flexibility index (Phi) is 5.33. The summed E-state index contributed by atoms with van der Waals surface area (Å²) in [6.07, 6.45) is 0. The molecule has 3 N–H and O–H groups in total. The highest BCUT2D eigenvalue weighted by molar-refractivity contribution is 9.10. The molecule has 1 aromatic heterocycles. The van der Waals surface area contributed by atoms with Crippen LogP contribution in [0.2, 0.25) is 0 Å². The maximum Gasteiger partial charge on any atom is 0.294 e. The lowest BCUT2D eigenvalue weighted by Crippen LogP contribution is -2.29. The highest BCUT2D eigenvalue weighted by Crippen LogP contribution is 2.30. The van der Waals surface area contributed by atoms with Crippen molar-refractivity contribution in [2.24, 2.45) is 5.84 Å². The number of carbonyl (C=O) groups is 1. The molecule has 0 spiro atoms. The summed E-state index contributed by atoms with van der Waals surface area (Å²) in [5.41, 5.74) is 3.89. The molecule has 0 saturated carbocycles. The average Bonchev–Trinajstić information content (AvgIpc) is 2.93. The van der Waals surface area contributed by atoms with Crippen LogP contribution < -0.4 is 16.0 Å². The average molecular weight is 370 g/mol. The fourth-order valence-electron chi connectivity index (χ4n) is 1.79. The first-order valence-corrected chi connectivity index (χ1v) is 8.06. The van der Waals surface area contributed by atoms with Crippen LogP contribution in [0, 0.1) is 0 Å². The van der Waals surface area contributed by atoms with Crippen LogP contribution in [-0.4, -0.2) is 10.9 Å². The number of thiazole rings is 1. The molecule has 7 heteroatoms. The van der Waals surface area contributed by atoms with Crippen LogP contribution in [0.1, 0.15) is 40.8 Å². The van der Waals surface area contributed by atoms with E-state index in [-0.39, 0.29) is 0 Å². The van der Waals surface area contributed by atoms with Gasteiger partial charge < -0.3 is 4.74 Å². The Hall–Kier alpha value is -1.44. The smallest absolute Gasteiger partial charge is 0.294 e. The van der Waals surface area contributed by atoms with Crippen molar-refractivity contribution in [2.45, 2.75) is 26.4 Å². The summed E-state index contributed by atoms with van der Waals surface area (Å²) in [5.74, 6) is 5.86. The van der Waals surface area contributed by atoms with Gasteiger partial charge in [-0.15, -0.1) is 11.3 Å². The zero-order chi connectivity index (χ0) is 15.4. The van der Waals surface area contributed by atoms with E-state index in [9.17, 15) is 4.79 Å². The van der Waals surface area contributed by atoms with Gasteiger partial charge in [-0.1, -0.05) is 29.8 Å². The van der Waals surface area contributed by atoms with Crippen LogP contribution in [0.15, 0.2) is 28.1 Å². The molecule has 0 unspecified atom stereocenters. The highest BCUT2D eigenvalue weighted by Gasteiger charge is 2.12. The van der Waals surface area contributed by atoms with E-state index in [1.807, 2.05) is 18.2 Å². The number of hydrogen-bond acceptors (Lipinski definition) is 5. The molecule has 1 amide bonds. The van der Waals surface area contributed by atoms with Crippen molar-refractivity contribution in [3.05, 3.63) is 44.3 Å². The predicted molar refractivity (Wildman–Crippen MR) is 86.3 cm³/mol. The van der Waals surface area contributed by atoms with Crippen LogP contribution in [0.3, 0.4) is 0 Å². The van der Waals surface area contributed by atoms with Gasteiger partial charge in [0.25, 0.3) is 5.91 Å². The van der Waals surface area contributed by atoms with Crippen molar-refractivity contribution >= 4 is 33.2 Å². The van der Waals surface area contributed by atoms with Crippen LogP contribution in [-0.2, 0) is 6.61 Å². The third kappa shape index (κ3) is 4.03. The number of nitrogens with one attached hydrogen (secondary N) is 1. The van der Waals surface area contributed by atoms with Gasteiger partial charge in [-0.2, -0.15) is 0 Å². The monoisotopic (exact) mass is 369 g/mol. The van der Waals surface area contributed by atoms with E-state index in [1.54, 1.807) is 5.38 Å². The van der Waals surface area contributed by atoms with Crippen LogP contribution in [0.4, 0.5) is 0 Å². The van der Waals surface area contributed by atoms with Crippen molar-refractivity contribution in [3.8, 4) is 5.75 Å². The highest BCUT2D eigenvalue weighted by atomic mass is 79.9. The normalized spacial score (nSPS) is 10.7. The number of hydrogen-bond donors (Lipinski definition) is 2. The number of rotatable bonds is 5. The molecule has 112 valence electrons. The zero-order valence-corrected chi connectivity index (χ0v) is 14.1. The second-order valence-electron chi connectivity index (χ2n) is 4.74. The third-order valence-corrected chi connectivity index (χ3v) is 4.23. The minimum atomic E-state index is -0.391. The van der Waals surface area contributed by atoms with E-state index in [4.69, 9.17) is 10.6 Å². The SMILES string of the molecule is CC(C)c1cc(Br)ccc1OCc1csc(C(=O)NN)n1. The molecule has 0 aliphatic rings. The zero-order valence-electron chi connectivity index (χ0n) is 11.7. The number of hydrazine groups is 1. The van der Waals surface area contributed by atoms with Crippen LogP contribution in [0.5, 0.6) is 5.75 Å². The second kappa shape index (κ2) is 7.02. The van der Waals surface area contributed by atoms with Gasteiger partial charge in [0.15, 0.2) is 5.01 Å². The first-order chi connectivity index (χ1) is 10.0. The van der Waals surface area contributed by atoms with Crippen molar-refractivity contribution < 1.29 is 9.53 Å². The number of nitrogen functional groups attached to an aromatic ring is 1. The molecule has 1 aromatic carbocycles. The molecule has 1 heterocycles. The summed E-state index contributed by atoms with van der Waals surface area (Å²) in [6, 6.07) is 5.92. The first kappa shape index (κ1) is 15.9. The standard InChI is InChI=1S/C14H16BrN3O2S/c1-8(2)11-5-9(15)3-4-12(11)20-6-10-7-21-14(17-10)13(19)18-16/h3-5,7-8H,6,16H2,1-2H3,(H,18,19). The Balaban J connectivity index is 2.09. The molecular weight excluding hydrogens is 354 g/mol. The fraction of sp³-hybridized carbons (Fsp3) is 0.286. The number of benzene rings is 1. The van der Waals surface area contributed by atoms with Crippen molar-refractivity contribution in [2.75, 3.05) is 0 Å². The minimum Gasteiger partial charge on any atom is -0.487 e. The lowest BCUT2D eigenvalue weighted by atomic mass is 10.0. The van der Waals surface area contributed by atoms with Gasteiger partial charge >= 0.3 is 0 Å². The molecule has 0 aliphatic carbocycles. The molecule has 0 atom stereocenters. The van der Waals surface area contributed by atoms with Crippen LogP contribution in [0.25, 0.3) is 0 Å². The van der Waals surface area contributed by atoms with Gasteiger partial charge in [-0.3, -0.25) is 10.2 Å². The number of halogens is 1. The summed E-state index contributed by atoms with van der Waals surface area (Å²) in [5, 5.41) is 2.12. The van der Waals surface area contributed by atoms with E-state index in [0.717, 1.165) is 15.8 Å². The maximum absolute atomic E-state index is 11.3. The summed E-state index contributed by atoms with van der Waals surface area (Å²) in [4.78, 5) is 15.5. The van der Waals surface area contributed by atoms with Gasteiger partial charge in [0, 0.05) is 9.85 Å². The Morgan fingerprint density at radius 3 is 2.95 bits per heavy atom. The Morgan fingerprint density at radius 2 is 2.29 bits per heavy atom. The van der Waals surface area contributed by atoms with Gasteiger partial charge in [-0.05, 0) is 29.7 Å². The molecule has 21 heavy (non-hydrogen) atoms. The third-order valence-electron chi connectivity index (χ3n) is 2.85. The molecule has 0 saturated heterocycles. The number of ether oxygens (including phenoxy) is 1. The molecule has 0 fully saturated rings. The summed E-state index contributed by atoms with van der Waals surface area (Å²) in [7, 11) is 0. The molecule has 2 rings (SSSR count). The Morgan fingerprint density at radius 1 is 1.52 bits per heavy atom. The Bertz CT molecular complexity index is 643. The lowest BCUT2D eigenvalue weighted by Gasteiger charge is -2.13. The van der Waals surface area contributed by atoms with Crippen molar-refractivity contribution in [1.29, 1.82) is 0 Å². The van der Waals surface area contributed by atoms with E-state index in [1.165, 1.54) is 11.3 Å². The fourth-order valence-corrected chi connectivity index (χ4v) is 2.88. The molecule has 2 aromatic rings. The number of amides is 1. The number of nitrogens with two attached hydrogens (primary N) is 1. The summed E-state index contributed by atoms with van der Waals surface area (Å²) >= 11 is 4.70. The molecule has 5 nitrogen and oxygen atoms in total. The molecule has 0 bridgehead atoms. The van der Waals surface area contributed by atoms with E-state index < -0.39 is 5.91 Å². The minimum absolute atomic E-state index is 0.315. The molecule has 0 aliphatic heterocycles. The summed E-state index contributed by atoms with van der Waals surface area (Å²) < 4.78 is 6.85. The number of aromatic nitrogens is 1.